The van der Waals surface area contributed by atoms with Gasteiger partial charge in [-0.05, 0) is 43.5 Å². The summed E-state index contributed by atoms with van der Waals surface area (Å²) in [7, 11) is 4.75. The highest BCUT2D eigenvalue weighted by Gasteiger charge is 2.40. The Morgan fingerprint density at radius 3 is 2.44 bits per heavy atom. The Morgan fingerprint density at radius 1 is 1.16 bits per heavy atom. The molecular weight excluding hydrogens is 320 g/mol. The lowest BCUT2D eigenvalue weighted by atomic mass is 9.80. The third-order valence-electron chi connectivity index (χ3n) is 5.43. The van der Waals surface area contributed by atoms with E-state index in [0.29, 0.717) is 23.7 Å². The molecule has 0 bridgehead atoms. The molecule has 2 heterocycles. The van der Waals surface area contributed by atoms with Crippen LogP contribution in [0, 0.1) is 5.41 Å². The molecule has 0 radical (unpaired) electrons. The maximum atomic E-state index is 12.8. The van der Waals surface area contributed by atoms with Gasteiger partial charge in [0.05, 0.1) is 27.8 Å². The van der Waals surface area contributed by atoms with E-state index in [1.54, 1.807) is 21.3 Å². The van der Waals surface area contributed by atoms with Gasteiger partial charge in [0.25, 0.3) is 0 Å². The van der Waals surface area contributed by atoms with E-state index in [9.17, 15) is 4.79 Å². The van der Waals surface area contributed by atoms with E-state index in [4.69, 9.17) is 14.2 Å². The Balaban J connectivity index is 1.71. The van der Waals surface area contributed by atoms with E-state index in [1.807, 2.05) is 17.0 Å². The number of rotatable bonds is 5. The zero-order valence-electron chi connectivity index (χ0n) is 15.4. The standard InChI is InChI=1S/C19H28N2O4/c1-23-15-9-14(10-16(24-2)18(15)25-3)11-17(22)21-8-6-19(13-21)5-4-7-20-12-19/h9-10,20H,4-8,11-13H2,1-3H3/t19-/m0/s1. The van der Waals surface area contributed by atoms with E-state index in [2.05, 4.69) is 5.32 Å². The molecule has 138 valence electrons. The summed E-state index contributed by atoms with van der Waals surface area (Å²) in [6.45, 7) is 3.84. The summed E-state index contributed by atoms with van der Waals surface area (Å²) in [6, 6.07) is 3.71. The number of nitrogens with one attached hydrogen (secondary N) is 1. The van der Waals surface area contributed by atoms with Crippen LogP contribution >= 0.6 is 0 Å². The van der Waals surface area contributed by atoms with Crippen LogP contribution in [-0.2, 0) is 11.2 Å². The van der Waals surface area contributed by atoms with Gasteiger partial charge in [0, 0.05) is 25.0 Å². The maximum Gasteiger partial charge on any atom is 0.227 e. The fourth-order valence-corrected chi connectivity index (χ4v) is 4.05. The summed E-state index contributed by atoms with van der Waals surface area (Å²) >= 11 is 0. The van der Waals surface area contributed by atoms with Crippen molar-refractivity contribution in [2.75, 3.05) is 47.5 Å². The fraction of sp³-hybridized carbons (Fsp3) is 0.632. The maximum absolute atomic E-state index is 12.8. The van der Waals surface area contributed by atoms with Crippen molar-refractivity contribution in [1.29, 1.82) is 0 Å². The van der Waals surface area contributed by atoms with Gasteiger partial charge in [-0.3, -0.25) is 4.79 Å². The second-order valence-corrected chi connectivity index (χ2v) is 7.06. The van der Waals surface area contributed by atoms with Crippen LogP contribution in [0.3, 0.4) is 0 Å². The lowest BCUT2D eigenvalue weighted by molar-refractivity contribution is -0.129. The molecule has 1 amide bonds. The third-order valence-corrected chi connectivity index (χ3v) is 5.43. The smallest absolute Gasteiger partial charge is 0.227 e. The molecule has 3 rings (SSSR count). The molecule has 1 aromatic rings. The quantitative estimate of drug-likeness (QED) is 0.880. The van der Waals surface area contributed by atoms with E-state index >= 15 is 0 Å². The summed E-state index contributed by atoms with van der Waals surface area (Å²) in [5, 5.41) is 3.48. The van der Waals surface area contributed by atoms with Crippen molar-refractivity contribution in [3.05, 3.63) is 17.7 Å². The predicted octanol–water partition coefficient (Wildman–Crippen LogP) is 1.86. The zero-order chi connectivity index (χ0) is 17.9. The highest BCUT2D eigenvalue weighted by Crippen LogP contribution is 2.39. The summed E-state index contributed by atoms with van der Waals surface area (Å²) in [5.41, 5.74) is 1.16. The van der Waals surface area contributed by atoms with Gasteiger partial charge < -0.3 is 24.4 Å². The number of hydrogen-bond donors (Lipinski definition) is 1. The molecule has 25 heavy (non-hydrogen) atoms. The summed E-state index contributed by atoms with van der Waals surface area (Å²) < 4.78 is 16.1. The third kappa shape index (κ3) is 3.68. The number of methoxy groups -OCH3 is 3. The minimum Gasteiger partial charge on any atom is -0.493 e. The lowest BCUT2D eigenvalue weighted by Crippen LogP contribution is -2.42. The zero-order valence-corrected chi connectivity index (χ0v) is 15.4. The largest absolute Gasteiger partial charge is 0.493 e. The number of ether oxygens (including phenoxy) is 3. The van der Waals surface area contributed by atoms with Gasteiger partial charge in [-0.2, -0.15) is 0 Å². The average Bonchev–Trinajstić information content (AvgIpc) is 3.04. The van der Waals surface area contributed by atoms with Crippen molar-refractivity contribution >= 4 is 5.91 Å². The van der Waals surface area contributed by atoms with Gasteiger partial charge in [0.15, 0.2) is 11.5 Å². The van der Waals surface area contributed by atoms with Crippen molar-refractivity contribution in [2.45, 2.75) is 25.7 Å². The van der Waals surface area contributed by atoms with Crippen molar-refractivity contribution in [3.8, 4) is 17.2 Å². The first kappa shape index (κ1) is 17.9. The molecule has 1 atom stereocenters. The summed E-state index contributed by atoms with van der Waals surface area (Å²) in [4.78, 5) is 14.8. The number of benzene rings is 1. The van der Waals surface area contributed by atoms with Gasteiger partial charge in [-0.25, -0.2) is 0 Å². The number of likely N-dealkylation sites (tertiary alicyclic amines) is 1. The molecule has 2 aliphatic rings. The highest BCUT2D eigenvalue weighted by atomic mass is 16.5. The Morgan fingerprint density at radius 2 is 1.88 bits per heavy atom. The monoisotopic (exact) mass is 348 g/mol. The van der Waals surface area contributed by atoms with Gasteiger partial charge in [0.2, 0.25) is 11.7 Å². The van der Waals surface area contributed by atoms with Gasteiger partial charge in [-0.15, -0.1) is 0 Å². The lowest BCUT2D eigenvalue weighted by Gasteiger charge is -2.33. The number of carbonyl (C=O) groups is 1. The van der Waals surface area contributed by atoms with Crippen molar-refractivity contribution in [2.24, 2.45) is 5.41 Å². The second-order valence-electron chi connectivity index (χ2n) is 7.06. The first-order valence-electron chi connectivity index (χ1n) is 8.88. The molecule has 2 saturated heterocycles. The van der Waals surface area contributed by atoms with E-state index in [0.717, 1.165) is 38.2 Å². The van der Waals surface area contributed by atoms with Crippen LogP contribution in [0.1, 0.15) is 24.8 Å². The summed E-state index contributed by atoms with van der Waals surface area (Å²) in [6.07, 6.45) is 3.87. The number of nitrogens with zero attached hydrogens (tertiary/aromatic N) is 1. The molecule has 6 heteroatoms. The molecule has 0 saturated carbocycles. The number of carbonyl (C=O) groups excluding carboxylic acids is 1. The van der Waals surface area contributed by atoms with E-state index in [1.165, 1.54) is 12.8 Å². The Labute approximate surface area is 149 Å². The van der Waals surface area contributed by atoms with Crippen LogP contribution in [0.15, 0.2) is 12.1 Å². The molecule has 0 aliphatic carbocycles. The summed E-state index contributed by atoms with van der Waals surface area (Å²) in [5.74, 6) is 1.88. The van der Waals surface area contributed by atoms with Gasteiger partial charge in [0.1, 0.15) is 0 Å². The average molecular weight is 348 g/mol. The Bertz CT molecular complexity index is 601. The highest BCUT2D eigenvalue weighted by molar-refractivity contribution is 5.79. The topological polar surface area (TPSA) is 60.0 Å². The van der Waals surface area contributed by atoms with Crippen molar-refractivity contribution < 1.29 is 19.0 Å². The molecule has 1 N–H and O–H groups in total. The van der Waals surface area contributed by atoms with E-state index < -0.39 is 0 Å². The van der Waals surface area contributed by atoms with Crippen LogP contribution in [0.2, 0.25) is 0 Å². The SMILES string of the molecule is COc1cc(CC(=O)N2CC[C@]3(CCCNC3)C2)cc(OC)c1OC. The Hall–Kier alpha value is -1.95. The van der Waals surface area contributed by atoms with Crippen molar-refractivity contribution in [1.82, 2.24) is 10.2 Å². The van der Waals surface area contributed by atoms with Crippen LogP contribution < -0.4 is 19.5 Å². The second kappa shape index (κ2) is 7.52. The molecular formula is C19H28N2O4. The molecule has 1 spiro atoms. The van der Waals surface area contributed by atoms with E-state index in [-0.39, 0.29) is 11.3 Å². The Kier molecular flexibility index (Phi) is 5.37. The normalized spacial score (nSPS) is 22.9. The minimum atomic E-state index is 0.164. The number of hydrogen-bond acceptors (Lipinski definition) is 5. The van der Waals surface area contributed by atoms with Crippen molar-refractivity contribution in [3.63, 3.8) is 0 Å². The van der Waals surface area contributed by atoms with Crippen LogP contribution in [-0.4, -0.2) is 58.3 Å². The first-order valence-corrected chi connectivity index (χ1v) is 8.88. The van der Waals surface area contributed by atoms with Crippen LogP contribution in [0.4, 0.5) is 0 Å². The number of amides is 1. The molecule has 2 fully saturated rings. The molecule has 2 aliphatic heterocycles. The molecule has 1 aromatic carbocycles. The minimum absolute atomic E-state index is 0.164. The first-order chi connectivity index (χ1) is 12.1. The fourth-order valence-electron chi connectivity index (χ4n) is 4.05. The molecule has 0 unspecified atom stereocenters. The van der Waals surface area contributed by atoms with Crippen LogP contribution in [0.25, 0.3) is 0 Å². The van der Waals surface area contributed by atoms with Gasteiger partial charge >= 0.3 is 0 Å². The number of piperidine rings is 1. The van der Waals surface area contributed by atoms with Gasteiger partial charge in [-0.1, -0.05) is 0 Å². The predicted molar refractivity (Wildman–Crippen MR) is 95.5 cm³/mol. The van der Waals surface area contributed by atoms with Crippen LogP contribution in [0.5, 0.6) is 17.2 Å². The molecule has 6 nitrogen and oxygen atoms in total. The molecule has 0 aromatic heterocycles.